The molecule has 0 N–H and O–H groups in total. The van der Waals surface area contributed by atoms with Gasteiger partial charge in [0.2, 0.25) is 5.89 Å². The van der Waals surface area contributed by atoms with Gasteiger partial charge in [0.25, 0.3) is 0 Å². The molecule has 1 saturated carbocycles. The molecule has 0 radical (unpaired) electrons. The van der Waals surface area contributed by atoms with Gasteiger partial charge in [-0.05, 0) is 12.8 Å². The van der Waals surface area contributed by atoms with Crippen molar-refractivity contribution in [1.82, 2.24) is 25.0 Å². The van der Waals surface area contributed by atoms with Gasteiger partial charge < -0.3 is 9.42 Å². The van der Waals surface area contributed by atoms with Gasteiger partial charge in [0.1, 0.15) is 11.6 Å². The fourth-order valence-electron chi connectivity index (χ4n) is 3.42. The fraction of sp³-hybridized carbons (Fsp3) is 0.714. The summed E-state index contributed by atoms with van der Waals surface area (Å²) in [5.74, 6) is 4.49. The topological polar surface area (TPSA) is 71.2 Å². The number of hydrogen-bond acceptors (Lipinski definition) is 7. The SMILES string of the molecule is CC(C)c1noc(CN2CCN(c3cc(C(C)(C)C)nc(C4CC4)n3)CC2)n1. The molecule has 1 aliphatic heterocycles. The molecular weight excluding hydrogens is 352 g/mol. The second-order valence-corrected chi connectivity index (χ2v) is 9.46. The minimum atomic E-state index is 0.0369. The van der Waals surface area contributed by atoms with Gasteiger partial charge >= 0.3 is 0 Å². The summed E-state index contributed by atoms with van der Waals surface area (Å²) in [5, 5.41) is 4.07. The Labute approximate surface area is 167 Å². The Morgan fingerprint density at radius 2 is 1.79 bits per heavy atom. The monoisotopic (exact) mass is 384 g/mol. The molecular formula is C21H32N6O. The molecule has 28 heavy (non-hydrogen) atoms. The lowest BCUT2D eigenvalue weighted by atomic mass is 9.91. The summed E-state index contributed by atoms with van der Waals surface area (Å²) in [5.41, 5.74) is 1.18. The highest BCUT2D eigenvalue weighted by atomic mass is 16.5. The number of hydrogen-bond donors (Lipinski definition) is 0. The molecule has 0 aromatic carbocycles. The van der Waals surface area contributed by atoms with E-state index in [1.54, 1.807) is 0 Å². The Kier molecular flexibility index (Phi) is 5.12. The van der Waals surface area contributed by atoms with Gasteiger partial charge in [-0.15, -0.1) is 0 Å². The van der Waals surface area contributed by atoms with Crippen molar-refractivity contribution in [2.45, 2.75) is 71.3 Å². The average Bonchev–Trinajstić information content (AvgIpc) is 3.40. The van der Waals surface area contributed by atoms with E-state index in [-0.39, 0.29) is 5.41 Å². The fourth-order valence-corrected chi connectivity index (χ4v) is 3.42. The van der Waals surface area contributed by atoms with E-state index in [2.05, 4.69) is 60.6 Å². The van der Waals surface area contributed by atoms with E-state index in [1.807, 2.05) is 0 Å². The highest BCUT2D eigenvalue weighted by Crippen LogP contribution is 2.39. The predicted octanol–water partition coefficient (Wildman–Crippen LogP) is 3.48. The van der Waals surface area contributed by atoms with E-state index < -0.39 is 0 Å². The zero-order valence-electron chi connectivity index (χ0n) is 17.8. The quantitative estimate of drug-likeness (QED) is 0.781. The maximum absolute atomic E-state index is 5.41. The zero-order chi connectivity index (χ0) is 19.9. The number of nitrogens with zero attached hydrogens (tertiary/aromatic N) is 6. The highest BCUT2D eigenvalue weighted by molar-refractivity contribution is 5.42. The molecule has 7 heteroatoms. The van der Waals surface area contributed by atoms with Crippen molar-refractivity contribution in [3.63, 3.8) is 0 Å². The lowest BCUT2D eigenvalue weighted by Gasteiger charge is -2.35. The van der Waals surface area contributed by atoms with Crippen LogP contribution >= 0.6 is 0 Å². The molecule has 2 fully saturated rings. The van der Waals surface area contributed by atoms with Gasteiger partial charge in [-0.2, -0.15) is 4.98 Å². The summed E-state index contributed by atoms with van der Waals surface area (Å²) < 4.78 is 5.41. The van der Waals surface area contributed by atoms with Gasteiger partial charge in [0.05, 0.1) is 12.2 Å². The van der Waals surface area contributed by atoms with Crippen LogP contribution in [0.5, 0.6) is 0 Å². The number of rotatable bonds is 5. The summed E-state index contributed by atoms with van der Waals surface area (Å²) in [6, 6.07) is 2.19. The molecule has 2 aromatic heterocycles. The number of aromatic nitrogens is 4. The van der Waals surface area contributed by atoms with E-state index in [4.69, 9.17) is 14.5 Å². The van der Waals surface area contributed by atoms with E-state index in [0.29, 0.717) is 17.7 Å². The second kappa shape index (κ2) is 7.43. The molecule has 0 unspecified atom stereocenters. The standard InChI is InChI=1S/C21H32N6O/c1-14(2)19-24-18(28-25-19)13-26-8-10-27(11-9-26)17-12-16(21(3,4)5)22-20(23-17)15-6-7-15/h12,14-15H,6-11,13H2,1-5H3. The van der Waals surface area contributed by atoms with Crippen molar-refractivity contribution >= 4 is 5.82 Å². The lowest BCUT2D eigenvalue weighted by Crippen LogP contribution is -2.46. The van der Waals surface area contributed by atoms with Crippen molar-refractivity contribution in [2.24, 2.45) is 0 Å². The third-order valence-electron chi connectivity index (χ3n) is 5.50. The molecule has 4 rings (SSSR count). The molecule has 0 bridgehead atoms. The molecule has 2 aromatic rings. The normalized spacial score (nSPS) is 18.9. The van der Waals surface area contributed by atoms with Crippen molar-refractivity contribution < 1.29 is 4.52 Å². The van der Waals surface area contributed by atoms with Crippen molar-refractivity contribution in [1.29, 1.82) is 0 Å². The van der Waals surface area contributed by atoms with Crippen LogP contribution in [0.25, 0.3) is 0 Å². The third kappa shape index (κ3) is 4.35. The third-order valence-corrected chi connectivity index (χ3v) is 5.50. The molecule has 1 aliphatic carbocycles. The summed E-state index contributed by atoms with van der Waals surface area (Å²) in [7, 11) is 0. The van der Waals surface area contributed by atoms with Gasteiger partial charge in [0, 0.05) is 49.5 Å². The molecule has 152 valence electrons. The molecule has 3 heterocycles. The first-order valence-corrected chi connectivity index (χ1v) is 10.5. The summed E-state index contributed by atoms with van der Waals surface area (Å²) in [4.78, 5) is 19.1. The van der Waals surface area contributed by atoms with Crippen molar-refractivity contribution in [2.75, 3.05) is 31.1 Å². The lowest BCUT2D eigenvalue weighted by molar-refractivity contribution is 0.215. The summed E-state index contributed by atoms with van der Waals surface area (Å²) >= 11 is 0. The summed E-state index contributed by atoms with van der Waals surface area (Å²) in [6.07, 6.45) is 2.45. The van der Waals surface area contributed by atoms with E-state index in [9.17, 15) is 0 Å². The second-order valence-electron chi connectivity index (χ2n) is 9.46. The smallest absolute Gasteiger partial charge is 0.240 e. The molecule has 1 saturated heterocycles. The van der Waals surface area contributed by atoms with Crippen LogP contribution < -0.4 is 4.90 Å². The Morgan fingerprint density at radius 1 is 1.07 bits per heavy atom. The van der Waals surface area contributed by atoms with Crippen LogP contribution in [0.1, 0.15) is 82.5 Å². The van der Waals surface area contributed by atoms with Crippen LogP contribution in [0.4, 0.5) is 5.82 Å². The first kappa shape index (κ1) is 19.3. The van der Waals surface area contributed by atoms with Crippen LogP contribution in [0, 0.1) is 0 Å². The maximum Gasteiger partial charge on any atom is 0.240 e. The van der Waals surface area contributed by atoms with E-state index in [1.165, 1.54) is 12.8 Å². The predicted molar refractivity (Wildman–Crippen MR) is 109 cm³/mol. The van der Waals surface area contributed by atoms with Gasteiger partial charge in [-0.25, -0.2) is 9.97 Å². The number of anilines is 1. The Bertz CT molecular complexity index is 813. The Morgan fingerprint density at radius 3 is 2.36 bits per heavy atom. The molecule has 7 nitrogen and oxygen atoms in total. The first-order valence-electron chi connectivity index (χ1n) is 10.5. The highest BCUT2D eigenvalue weighted by Gasteiger charge is 2.30. The Balaban J connectivity index is 1.42. The molecule has 2 aliphatic rings. The van der Waals surface area contributed by atoms with Crippen LogP contribution in [-0.4, -0.2) is 51.2 Å². The molecule has 0 amide bonds. The minimum Gasteiger partial charge on any atom is -0.354 e. The average molecular weight is 385 g/mol. The van der Waals surface area contributed by atoms with E-state index >= 15 is 0 Å². The van der Waals surface area contributed by atoms with Crippen LogP contribution in [0.2, 0.25) is 0 Å². The van der Waals surface area contributed by atoms with Gasteiger partial charge in [0.15, 0.2) is 5.82 Å². The number of piperazine rings is 1. The van der Waals surface area contributed by atoms with E-state index in [0.717, 1.165) is 55.9 Å². The van der Waals surface area contributed by atoms with Crippen LogP contribution in [0.15, 0.2) is 10.6 Å². The van der Waals surface area contributed by atoms with Gasteiger partial charge in [-0.1, -0.05) is 39.8 Å². The summed E-state index contributed by atoms with van der Waals surface area (Å²) in [6.45, 7) is 15.4. The van der Waals surface area contributed by atoms with Crippen molar-refractivity contribution in [3.8, 4) is 0 Å². The van der Waals surface area contributed by atoms with Gasteiger partial charge in [-0.3, -0.25) is 4.90 Å². The molecule has 0 atom stereocenters. The zero-order valence-corrected chi connectivity index (χ0v) is 17.8. The van der Waals surface area contributed by atoms with Crippen molar-refractivity contribution in [3.05, 3.63) is 29.3 Å². The van der Waals surface area contributed by atoms with Crippen LogP contribution in [0.3, 0.4) is 0 Å². The Hall–Kier alpha value is -2.02. The maximum atomic E-state index is 5.41. The largest absolute Gasteiger partial charge is 0.354 e. The van der Waals surface area contributed by atoms with Crippen LogP contribution in [-0.2, 0) is 12.0 Å². The molecule has 0 spiro atoms. The minimum absolute atomic E-state index is 0.0369. The first-order chi connectivity index (χ1) is 13.3.